The third-order valence-corrected chi connectivity index (χ3v) is 1.17. The van der Waals surface area contributed by atoms with Crippen LogP contribution in [0, 0.1) is 0 Å². The van der Waals surface area contributed by atoms with E-state index in [1.807, 2.05) is 0 Å². The van der Waals surface area contributed by atoms with Gasteiger partial charge >= 0.3 is 0 Å². The summed E-state index contributed by atoms with van der Waals surface area (Å²) < 4.78 is 0. The minimum absolute atomic E-state index is 0.0678. The van der Waals surface area contributed by atoms with E-state index in [0.29, 0.717) is 12.8 Å². The van der Waals surface area contributed by atoms with Crippen molar-refractivity contribution in [1.82, 2.24) is 0 Å². The highest BCUT2D eigenvalue weighted by Crippen LogP contribution is 2.00. The molecule has 54 valence electrons. The predicted octanol–water partition coefficient (Wildman–Crippen LogP) is 0.696. The molecule has 0 fully saturated rings. The van der Waals surface area contributed by atoms with Gasteiger partial charge in [-0.3, -0.25) is 0 Å². The highest BCUT2D eigenvalue weighted by atomic mass is 16.3. The van der Waals surface area contributed by atoms with Crippen molar-refractivity contribution < 1.29 is 10.2 Å². The van der Waals surface area contributed by atoms with Crippen LogP contribution in [0.2, 0.25) is 0 Å². The average molecular weight is 130 g/mol. The fraction of sp³-hybridized carbons (Fsp3) is 0.714. The zero-order valence-corrected chi connectivity index (χ0v) is 5.58. The van der Waals surface area contributed by atoms with Gasteiger partial charge < -0.3 is 10.2 Å². The van der Waals surface area contributed by atoms with Crippen molar-refractivity contribution in [2.75, 3.05) is 6.61 Å². The van der Waals surface area contributed by atoms with Gasteiger partial charge in [-0.15, -0.1) is 6.58 Å². The average Bonchev–Trinajstić information content (AvgIpc) is 1.85. The molecule has 0 saturated carbocycles. The summed E-state index contributed by atoms with van der Waals surface area (Å²) >= 11 is 0. The summed E-state index contributed by atoms with van der Waals surface area (Å²) in [7, 11) is 0. The van der Waals surface area contributed by atoms with Gasteiger partial charge in [-0.25, -0.2) is 0 Å². The number of aliphatic hydroxyl groups excluding tert-OH is 2. The Morgan fingerprint density at radius 2 is 2.11 bits per heavy atom. The molecule has 0 heterocycles. The monoisotopic (exact) mass is 130 g/mol. The normalized spacial score (nSPS) is 13.1. The second-order valence-electron chi connectivity index (χ2n) is 2.03. The summed E-state index contributed by atoms with van der Waals surface area (Å²) in [4.78, 5) is 0. The molecule has 0 spiro atoms. The summed E-state index contributed by atoms with van der Waals surface area (Å²) in [6.45, 7) is 3.59. The standard InChI is InChI=1S/C7H14O2/c1-2-3-4-7(9)5-6-8/h2,7-9H,1,3-6H2/t7-/m0/s1. The van der Waals surface area contributed by atoms with Crippen LogP contribution in [0.15, 0.2) is 12.7 Å². The fourth-order valence-corrected chi connectivity index (χ4v) is 0.604. The highest BCUT2D eigenvalue weighted by Gasteiger charge is 1.99. The van der Waals surface area contributed by atoms with Crippen molar-refractivity contribution in [1.29, 1.82) is 0 Å². The first kappa shape index (κ1) is 8.66. The fourth-order valence-electron chi connectivity index (χ4n) is 0.604. The smallest absolute Gasteiger partial charge is 0.0565 e. The van der Waals surface area contributed by atoms with Crippen molar-refractivity contribution >= 4 is 0 Å². The van der Waals surface area contributed by atoms with Crippen LogP contribution in [0.3, 0.4) is 0 Å². The molecule has 0 aromatic rings. The molecule has 0 aliphatic carbocycles. The van der Waals surface area contributed by atoms with E-state index in [0.717, 1.165) is 6.42 Å². The summed E-state index contributed by atoms with van der Waals surface area (Å²) in [5.74, 6) is 0. The van der Waals surface area contributed by atoms with Crippen molar-refractivity contribution in [2.45, 2.75) is 25.4 Å². The van der Waals surface area contributed by atoms with Crippen LogP contribution in [0.4, 0.5) is 0 Å². The van der Waals surface area contributed by atoms with Gasteiger partial charge in [0.1, 0.15) is 0 Å². The summed E-state index contributed by atoms with van der Waals surface area (Å²) in [5, 5.41) is 17.3. The molecule has 2 N–H and O–H groups in total. The third kappa shape index (κ3) is 5.53. The largest absolute Gasteiger partial charge is 0.396 e. The summed E-state index contributed by atoms with van der Waals surface area (Å²) in [5.41, 5.74) is 0. The van der Waals surface area contributed by atoms with Gasteiger partial charge in [0.15, 0.2) is 0 Å². The molecule has 2 nitrogen and oxygen atoms in total. The Morgan fingerprint density at radius 1 is 1.44 bits per heavy atom. The van der Waals surface area contributed by atoms with Gasteiger partial charge in [0.2, 0.25) is 0 Å². The van der Waals surface area contributed by atoms with Crippen molar-refractivity contribution in [3.8, 4) is 0 Å². The van der Waals surface area contributed by atoms with E-state index in [1.165, 1.54) is 0 Å². The molecule has 0 bridgehead atoms. The SMILES string of the molecule is C=CCC[C@H](O)CCO. The second kappa shape index (κ2) is 5.79. The first-order valence-electron chi connectivity index (χ1n) is 3.21. The van der Waals surface area contributed by atoms with Crippen LogP contribution in [0.5, 0.6) is 0 Å². The van der Waals surface area contributed by atoms with E-state index in [1.54, 1.807) is 6.08 Å². The van der Waals surface area contributed by atoms with Gasteiger partial charge in [-0.2, -0.15) is 0 Å². The molecule has 0 aromatic carbocycles. The quantitative estimate of drug-likeness (QED) is 0.538. The Kier molecular flexibility index (Phi) is 5.57. The molecule has 0 aromatic heterocycles. The Bertz CT molecular complexity index is 71.3. The van der Waals surface area contributed by atoms with Gasteiger partial charge in [-0.05, 0) is 19.3 Å². The van der Waals surface area contributed by atoms with Crippen molar-refractivity contribution in [2.24, 2.45) is 0 Å². The third-order valence-electron chi connectivity index (χ3n) is 1.17. The van der Waals surface area contributed by atoms with Crippen LogP contribution < -0.4 is 0 Å². The Morgan fingerprint density at radius 3 is 2.56 bits per heavy atom. The van der Waals surface area contributed by atoms with Crippen molar-refractivity contribution in [3.05, 3.63) is 12.7 Å². The molecule has 0 radical (unpaired) electrons. The first-order chi connectivity index (χ1) is 4.31. The molecule has 9 heavy (non-hydrogen) atoms. The predicted molar refractivity (Wildman–Crippen MR) is 37.1 cm³/mol. The number of allylic oxidation sites excluding steroid dienone is 1. The zero-order valence-electron chi connectivity index (χ0n) is 5.58. The number of hydrogen-bond acceptors (Lipinski definition) is 2. The maximum absolute atomic E-state index is 8.97. The summed E-state index contributed by atoms with van der Waals surface area (Å²) in [6, 6.07) is 0. The van der Waals surface area contributed by atoms with E-state index >= 15 is 0 Å². The van der Waals surface area contributed by atoms with E-state index in [9.17, 15) is 0 Å². The lowest BCUT2D eigenvalue weighted by Gasteiger charge is -2.04. The van der Waals surface area contributed by atoms with Crippen molar-refractivity contribution in [3.63, 3.8) is 0 Å². The molecule has 0 rings (SSSR count). The Hall–Kier alpha value is -0.340. The van der Waals surface area contributed by atoms with E-state index in [-0.39, 0.29) is 12.7 Å². The maximum atomic E-state index is 8.97. The topological polar surface area (TPSA) is 40.5 Å². The molecular weight excluding hydrogens is 116 g/mol. The van der Waals surface area contributed by atoms with Crippen LogP contribution in [-0.4, -0.2) is 22.9 Å². The zero-order chi connectivity index (χ0) is 7.11. The first-order valence-corrected chi connectivity index (χ1v) is 3.21. The van der Waals surface area contributed by atoms with Crippen LogP contribution in [-0.2, 0) is 0 Å². The van der Waals surface area contributed by atoms with Crippen LogP contribution in [0.25, 0.3) is 0 Å². The minimum Gasteiger partial charge on any atom is -0.396 e. The second-order valence-corrected chi connectivity index (χ2v) is 2.03. The molecule has 0 aliphatic rings. The van der Waals surface area contributed by atoms with Gasteiger partial charge in [0.05, 0.1) is 6.10 Å². The lowest BCUT2D eigenvalue weighted by atomic mass is 10.1. The summed E-state index contributed by atoms with van der Waals surface area (Å²) in [6.07, 6.45) is 3.42. The Labute approximate surface area is 55.8 Å². The van der Waals surface area contributed by atoms with Gasteiger partial charge in [0, 0.05) is 6.61 Å². The molecule has 1 atom stereocenters. The number of aliphatic hydroxyl groups is 2. The lowest BCUT2D eigenvalue weighted by Crippen LogP contribution is -2.07. The molecule has 0 saturated heterocycles. The maximum Gasteiger partial charge on any atom is 0.0565 e. The lowest BCUT2D eigenvalue weighted by molar-refractivity contribution is 0.126. The van der Waals surface area contributed by atoms with Gasteiger partial charge in [0.25, 0.3) is 0 Å². The Balaban J connectivity index is 3.04. The van der Waals surface area contributed by atoms with E-state index < -0.39 is 0 Å². The van der Waals surface area contributed by atoms with Crippen LogP contribution in [0.1, 0.15) is 19.3 Å². The van der Waals surface area contributed by atoms with E-state index in [2.05, 4.69) is 6.58 Å². The molecular formula is C7H14O2. The minimum atomic E-state index is -0.354. The molecule has 0 amide bonds. The number of rotatable bonds is 5. The molecule has 2 heteroatoms. The molecule has 0 aliphatic heterocycles. The number of hydrogen-bond donors (Lipinski definition) is 2. The van der Waals surface area contributed by atoms with E-state index in [4.69, 9.17) is 10.2 Å². The van der Waals surface area contributed by atoms with Gasteiger partial charge in [-0.1, -0.05) is 6.08 Å². The molecule has 0 unspecified atom stereocenters. The van der Waals surface area contributed by atoms with Crippen LogP contribution >= 0.6 is 0 Å². The highest BCUT2D eigenvalue weighted by molar-refractivity contribution is 4.68.